The molecule has 21 heavy (non-hydrogen) atoms. The predicted molar refractivity (Wildman–Crippen MR) is 83.2 cm³/mol. The van der Waals surface area contributed by atoms with Gasteiger partial charge in [-0.25, -0.2) is 14.7 Å². The summed E-state index contributed by atoms with van der Waals surface area (Å²) in [4.78, 5) is 10.7. The third-order valence-electron chi connectivity index (χ3n) is 2.77. The van der Waals surface area contributed by atoms with Gasteiger partial charge < -0.3 is 10.5 Å². The quantitative estimate of drug-likeness (QED) is 0.813. The summed E-state index contributed by atoms with van der Waals surface area (Å²) in [5.41, 5.74) is 6.85. The van der Waals surface area contributed by atoms with Gasteiger partial charge in [0.25, 0.3) is 0 Å². The second kappa shape index (κ2) is 5.88. The first-order valence-electron chi connectivity index (χ1n) is 5.61. The van der Waals surface area contributed by atoms with E-state index < -0.39 is 0 Å². The number of benzene rings is 1. The first-order valence-corrected chi connectivity index (χ1v) is 6.36. The number of aromatic nitrogens is 1. The Morgan fingerprint density at radius 3 is 2.33 bits per heavy atom. The van der Waals surface area contributed by atoms with E-state index in [0.717, 1.165) is 0 Å². The van der Waals surface area contributed by atoms with Gasteiger partial charge in [-0.05, 0) is 17.7 Å². The average molecular weight is 319 g/mol. The Balaban J connectivity index is 2.89. The highest BCUT2D eigenvalue weighted by molar-refractivity contribution is 6.42. The van der Waals surface area contributed by atoms with Crippen molar-refractivity contribution in [3.8, 4) is 17.0 Å². The summed E-state index contributed by atoms with van der Waals surface area (Å²) < 4.78 is 5.07. The van der Waals surface area contributed by atoms with Crippen molar-refractivity contribution in [2.24, 2.45) is 0 Å². The molecule has 0 aliphatic rings. The van der Waals surface area contributed by atoms with Gasteiger partial charge in [-0.3, -0.25) is 0 Å². The molecule has 2 N–H and O–H groups in total. The van der Waals surface area contributed by atoms with E-state index in [-0.39, 0.29) is 23.1 Å². The molecule has 1 aromatic heterocycles. The molecule has 0 aliphatic carbocycles. The van der Waals surface area contributed by atoms with Crippen molar-refractivity contribution in [1.82, 2.24) is 4.98 Å². The molecule has 2 aromatic rings. The Kier molecular flexibility index (Phi) is 4.18. The zero-order valence-corrected chi connectivity index (χ0v) is 12.3. The number of nitrogens with zero attached hydrogens (tertiary/aromatic N) is 3. The second-order valence-electron chi connectivity index (χ2n) is 3.93. The number of rotatable bonds is 2. The lowest BCUT2D eigenvalue weighted by molar-refractivity contribution is 0.401. The molecule has 1 aromatic carbocycles. The number of nitrogens with two attached hydrogens (primary N) is 1. The number of ether oxygens (including phenoxy) is 1. The Morgan fingerprint density at radius 2 is 1.81 bits per heavy atom. The van der Waals surface area contributed by atoms with Crippen molar-refractivity contribution in [1.29, 1.82) is 0 Å². The average Bonchev–Trinajstić information content (AvgIpc) is 2.48. The van der Waals surface area contributed by atoms with E-state index in [1.54, 1.807) is 18.2 Å². The highest BCUT2D eigenvalue weighted by Gasteiger charge is 2.21. The van der Waals surface area contributed by atoms with E-state index in [1.165, 1.54) is 7.11 Å². The van der Waals surface area contributed by atoms with Crippen molar-refractivity contribution in [2.45, 2.75) is 0 Å². The predicted octanol–water partition coefficient (Wildman–Crippen LogP) is 4.75. The molecular formula is C14H8Cl2N4O. The molecule has 0 amide bonds. The van der Waals surface area contributed by atoms with Crippen LogP contribution in [0, 0.1) is 13.1 Å². The van der Waals surface area contributed by atoms with E-state index in [0.29, 0.717) is 21.2 Å². The van der Waals surface area contributed by atoms with Gasteiger partial charge in [0.15, 0.2) is 0 Å². The molecule has 0 saturated carbocycles. The Morgan fingerprint density at radius 1 is 1.14 bits per heavy atom. The number of hydrogen-bond acceptors (Lipinski definition) is 3. The number of methoxy groups -OCH3 is 1. The summed E-state index contributed by atoms with van der Waals surface area (Å²) in [5, 5.41) is 0.693. The van der Waals surface area contributed by atoms with Gasteiger partial charge in [-0.2, -0.15) is 0 Å². The molecule has 0 radical (unpaired) electrons. The molecule has 0 spiro atoms. The van der Waals surface area contributed by atoms with Crippen LogP contribution < -0.4 is 10.5 Å². The molecule has 0 aliphatic heterocycles. The van der Waals surface area contributed by atoms with Crippen LogP contribution in [0.2, 0.25) is 10.0 Å². The van der Waals surface area contributed by atoms with Crippen LogP contribution >= 0.6 is 23.2 Å². The molecule has 0 atom stereocenters. The van der Waals surface area contributed by atoms with Crippen molar-refractivity contribution in [3.63, 3.8) is 0 Å². The SMILES string of the molecule is [C-]#[N+]c1c(N)nc(OC)c([N+]#[C-])c1-c1ccc(Cl)c(Cl)c1. The van der Waals surface area contributed by atoms with Crippen LogP contribution in [-0.4, -0.2) is 12.1 Å². The van der Waals surface area contributed by atoms with Gasteiger partial charge in [0.2, 0.25) is 17.3 Å². The Bertz CT molecular complexity index is 806. The number of hydrogen-bond donors (Lipinski definition) is 1. The Hall–Kier alpha value is -2.47. The van der Waals surface area contributed by atoms with Crippen LogP contribution in [-0.2, 0) is 0 Å². The minimum Gasteiger partial charge on any atom is -0.490 e. The van der Waals surface area contributed by atoms with Crippen molar-refractivity contribution >= 4 is 40.4 Å². The Labute approximate surface area is 131 Å². The lowest BCUT2D eigenvalue weighted by Crippen LogP contribution is -1.97. The molecular weight excluding hydrogens is 311 g/mol. The van der Waals surface area contributed by atoms with Crippen LogP contribution in [0.25, 0.3) is 20.8 Å². The molecule has 7 heteroatoms. The molecule has 0 unspecified atom stereocenters. The van der Waals surface area contributed by atoms with Crippen molar-refractivity contribution in [3.05, 3.63) is 51.1 Å². The highest BCUT2D eigenvalue weighted by Crippen LogP contribution is 2.47. The van der Waals surface area contributed by atoms with Crippen LogP contribution in [0.5, 0.6) is 5.88 Å². The van der Waals surface area contributed by atoms with Gasteiger partial charge in [-0.15, -0.1) is 0 Å². The molecule has 2 rings (SSSR count). The second-order valence-corrected chi connectivity index (χ2v) is 4.75. The van der Waals surface area contributed by atoms with Crippen LogP contribution in [0.4, 0.5) is 17.2 Å². The summed E-state index contributed by atoms with van der Waals surface area (Å²) in [6, 6.07) is 4.82. The number of nitrogen functional groups attached to an aromatic ring is 1. The third kappa shape index (κ3) is 2.57. The summed E-state index contributed by atoms with van der Waals surface area (Å²) in [6.07, 6.45) is 0. The van der Waals surface area contributed by atoms with Gasteiger partial charge in [0, 0.05) is 5.56 Å². The maximum atomic E-state index is 7.32. The van der Waals surface area contributed by atoms with E-state index in [4.69, 9.17) is 46.8 Å². The van der Waals surface area contributed by atoms with Gasteiger partial charge in [0.1, 0.15) is 5.82 Å². The summed E-state index contributed by atoms with van der Waals surface area (Å²) >= 11 is 11.9. The molecule has 104 valence electrons. The monoisotopic (exact) mass is 318 g/mol. The van der Waals surface area contributed by atoms with Crippen LogP contribution in [0.3, 0.4) is 0 Å². The lowest BCUT2D eigenvalue weighted by atomic mass is 10.0. The zero-order chi connectivity index (χ0) is 15.6. The van der Waals surface area contributed by atoms with E-state index in [1.807, 2.05) is 0 Å². The van der Waals surface area contributed by atoms with Gasteiger partial charge in [-0.1, -0.05) is 29.3 Å². The lowest BCUT2D eigenvalue weighted by Gasteiger charge is -2.13. The summed E-state index contributed by atoms with van der Waals surface area (Å²) in [6.45, 7) is 14.6. The minimum absolute atomic E-state index is 0.00433. The topological polar surface area (TPSA) is 56.9 Å². The number of halogens is 2. The van der Waals surface area contributed by atoms with E-state index >= 15 is 0 Å². The molecule has 0 saturated heterocycles. The molecule has 5 nitrogen and oxygen atoms in total. The highest BCUT2D eigenvalue weighted by atomic mass is 35.5. The fourth-order valence-corrected chi connectivity index (χ4v) is 2.14. The van der Waals surface area contributed by atoms with E-state index in [2.05, 4.69) is 14.7 Å². The number of anilines is 1. The summed E-state index contributed by atoms with van der Waals surface area (Å²) in [7, 11) is 1.38. The molecule has 0 fully saturated rings. The first kappa shape index (κ1) is 14.9. The van der Waals surface area contributed by atoms with Crippen LogP contribution in [0.1, 0.15) is 0 Å². The van der Waals surface area contributed by atoms with Gasteiger partial charge >= 0.3 is 0 Å². The largest absolute Gasteiger partial charge is 0.490 e. The van der Waals surface area contributed by atoms with Crippen molar-refractivity contribution in [2.75, 3.05) is 12.8 Å². The first-order chi connectivity index (χ1) is 10.0. The van der Waals surface area contributed by atoms with Crippen LogP contribution in [0.15, 0.2) is 18.2 Å². The normalized spacial score (nSPS) is 9.76. The maximum absolute atomic E-state index is 7.32. The molecule has 0 bridgehead atoms. The summed E-state index contributed by atoms with van der Waals surface area (Å²) in [5.74, 6) is 0.0614. The van der Waals surface area contributed by atoms with Crippen molar-refractivity contribution < 1.29 is 4.74 Å². The number of pyridine rings is 1. The molecule has 1 heterocycles. The maximum Gasteiger partial charge on any atom is 0.244 e. The van der Waals surface area contributed by atoms with Gasteiger partial charge in [0.05, 0.1) is 30.3 Å². The fraction of sp³-hybridized carbons (Fsp3) is 0.0714. The smallest absolute Gasteiger partial charge is 0.244 e. The fourth-order valence-electron chi connectivity index (χ4n) is 1.85. The third-order valence-corrected chi connectivity index (χ3v) is 3.51. The zero-order valence-electron chi connectivity index (χ0n) is 10.8. The standard InChI is InChI=1S/C14H8Cl2N4O/c1-18-11-10(7-4-5-8(15)9(16)6-7)12(19-2)14(21-3)20-13(11)17/h4-6H,3H3,(H2,17,20). The van der Waals surface area contributed by atoms with E-state index in [9.17, 15) is 0 Å². The minimum atomic E-state index is -0.00433.